The molecule has 7 heavy (non-hydrogen) atoms. The highest BCUT2D eigenvalue weighted by Crippen LogP contribution is 1.84. The number of hydrogen-bond donors (Lipinski definition) is 0. The average molecular weight is 209 g/mol. The average Bonchev–Trinajstić information content (AvgIpc) is 1.91. The molecule has 0 aliphatic heterocycles. The summed E-state index contributed by atoms with van der Waals surface area (Å²) in [5, 5.41) is 0. The molecule has 1 aromatic heterocycles. The van der Waals surface area contributed by atoms with E-state index in [2.05, 4.69) is 22.9 Å². The highest BCUT2D eigenvalue weighted by molar-refractivity contribution is 14.1. The molecular weight excluding hydrogens is 203 g/mol. The molecule has 38 valence electrons. The van der Waals surface area contributed by atoms with Crippen molar-refractivity contribution in [3.05, 3.63) is 18.5 Å². The van der Waals surface area contributed by atoms with E-state index >= 15 is 0 Å². The molecule has 1 heterocycles. The summed E-state index contributed by atoms with van der Waals surface area (Å²) in [6, 6.07) is 1.99. The zero-order valence-electron chi connectivity index (χ0n) is 4.00. The van der Waals surface area contributed by atoms with E-state index in [0.29, 0.717) is 0 Å². The minimum Gasteiger partial charge on any atom is -0.109 e. The number of hydrogen-bond acceptors (Lipinski definition) is 0. The number of nitrogens with zero attached hydrogens (tertiary/aromatic N) is 2. The van der Waals surface area contributed by atoms with Gasteiger partial charge in [0, 0.05) is 6.07 Å². The van der Waals surface area contributed by atoms with E-state index in [1.54, 1.807) is 0 Å². The van der Waals surface area contributed by atoms with E-state index in [9.17, 15) is 0 Å². The van der Waals surface area contributed by atoms with Gasteiger partial charge in [-0.3, -0.25) is 0 Å². The van der Waals surface area contributed by atoms with Crippen LogP contribution in [0.15, 0.2) is 18.5 Å². The van der Waals surface area contributed by atoms with Gasteiger partial charge in [0.2, 0.25) is 0 Å². The molecule has 3 heteroatoms. The summed E-state index contributed by atoms with van der Waals surface area (Å²) in [4.78, 5) is 0. The Balaban J connectivity index is 3.12. The molecule has 0 spiro atoms. The molecule has 0 N–H and O–H groups in total. The van der Waals surface area contributed by atoms with Crippen LogP contribution in [0.3, 0.4) is 0 Å². The predicted molar refractivity (Wildman–Crippen MR) is 35.0 cm³/mol. The fourth-order valence-corrected chi connectivity index (χ4v) is 0.732. The first-order valence-corrected chi connectivity index (χ1v) is 2.96. The van der Waals surface area contributed by atoms with E-state index in [1.807, 2.05) is 33.1 Å². The third-order valence-corrected chi connectivity index (χ3v) is 1.81. The lowest BCUT2D eigenvalue weighted by Crippen LogP contribution is -2.32. The van der Waals surface area contributed by atoms with Crippen molar-refractivity contribution in [3.63, 3.8) is 0 Å². The highest BCUT2D eigenvalue weighted by atomic mass is 127. The van der Waals surface area contributed by atoms with E-state index in [-0.39, 0.29) is 0 Å². The van der Waals surface area contributed by atoms with Gasteiger partial charge >= 0.3 is 0 Å². The fourth-order valence-electron chi connectivity index (χ4n) is 0.403. The van der Waals surface area contributed by atoms with E-state index in [0.717, 1.165) is 0 Å². The maximum absolute atomic E-state index is 2.20. The molecule has 0 aliphatic carbocycles. The van der Waals surface area contributed by atoms with Crippen LogP contribution < -0.4 is 4.68 Å². The van der Waals surface area contributed by atoms with Crippen molar-refractivity contribution in [1.82, 2.24) is 2.90 Å². The van der Waals surface area contributed by atoms with Gasteiger partial charge in [-0.25, -0.2) is 0 Å². The molecule has 0 saturated carbocycles. The fraction of sp³-hybridized carbons (Fsp3) is 0.250. The predicted octanol–water partition coefficient (Wildman–Crippen LogP) is 0.511. The van der Waals surface area contributed by atoms with Crippen molar-refractivity contribution in [2.75, 3.05) is 0 Å². The Labute approximate surface area is 56.2 Å². The smallest absolute Gasteiger partial charge is 0.109 e. The molecule has 1 rings (SSSR count). The monoisotopic (exact) mass is 209 g/mol. The number of rotatable bonds is 0. The summed E-state index contributed by atoms with van der Waals surface area (Å²) in [7, 11) is 1.99. The maximum atomic E-state index is 2.20. The minimum absolute atomic E-state index is 1.97. The van der Waals surface area contributed by atoms with Crippen LogP contribution in [-0.4, -0.2) is 2.90 Å². The molecule has 1 aromatic rings. The zero-order valence-corrected chi connectivity index (χ0v) is 6.16. The van der Waals surface area contributed by atoms with Crippen LogP contribution >= 0.6 is 22.9 Å². The van der Waals surface area contributed by atoms with Crippen LogP contribution in [0.5, 0.6) is 0 Å². The Hall–Kier alpha value is -0.0600. The lowest BCUT2D eigenvalue weighted by Gasteiger charge is -1.79. The molecule has 0 aliphatic rings. The lowest BCUT2D eigenvalue weighted by molar-refractivity contribution is -0.731. The summed E-state index contributed by atoms with van der Waals surface area (Å²) in [5.41, 5.74) is 0. The van der Waals surface area contributed by atoms with Crippen molar-refractivity contribution in [3.8, 4) is 0 Å². The molecular formula is C4H6IN2+. The molecule has 0 atom stereocenters. The standard InChI is InChI=1S/C4H6IN2/c1-6-3-2-4-7(6)5/h2-4H,1H3/q+1. The number of halogens is 1. The van der Waals surface area contributed by atoms with E-state index in [4.69, 9.17) is 0 Å². The molecule has 0 saturated heterocycles. The van der Waals surface area contributed by atoms with Gasteiger partial charge in [-0.1, -0.05) is 0 Å². The Morgan fingerprint density at radius 2 is 2.43 bits per heavy atom. The molecule has 0 bridgehead atoms. The molecule has 0 amide bonds. The molecule has 2 nitrogen and oxygen atoms in total. The Morgan fingerprint density at radius 1 is 1.71 bits per heavy atom. The van der Waals surface area contributed by atoms with Gasteiger partial charge in [-0.05, 0) is 0 Å². The van der Waals surface area contributed by atoms with Crippen molar-refractivity contribution in [2.24, 2.45) is 7.05 Å². The van der Waals surface area contributed by atoms with Crippen LogP contribution in [0.2, 0.25) is 0 Å². The normalized spacial score (nSPS) is 9.43. The van der Waals surface area contributed by atoms with Crippen LogP contribution in [0.1, 0.15) is 0 Å². The summed E-state index contributed by atoms with van der Waals surface area (Å²) >= 11 is 2.20. The summed E-state index contributed by atoms with van der Waals surface area (Å²) in [6.45, 7) is 0. The van der Waals surface area contributed by atoms with Crippen LogP contribution in [0.25, 0.3) is 0 Å². The summed E-state index contributed by atoms with van der Waals surface area (Å²) in [6.07, 6.45) is 3.98. The number of aromatic nitrogens is 2. The molecule has 0 radical (unpaired) electrons. The minimum atomic E-state index is 1.97. The Bertz CT molecular complexity index is 142. The summed E-state index contributed by atoms with van der Waals surface area (Å²) in [5.74, 6) is 0. The van der Waals surface area contributed by atoms with Crippen molar-refractivity contribution in [1.29, 1.82) is 0 Å². The zero-order chi connectivity index (χ0) is 5.28. The van der Waals surface area contributed by atoms with Crippen LogP contribution in [0, 0.1) is 0 Å². The molecule has 0 aromatic carbocycles. The second-order valence-corrected chi connectivity index (χ2v) is 2.34. The highest BCUT2D eigenvalue weighted by Gasteiger charge is 1.91. The topological polar surface area (TPSA) is 8.81 Å². The largest absolute Gasteiger partial charge is 0.196 e. The molecule has 0 unspecified atom stereocenters. The third-order valence-electron chi connectivity index (χ3n) is 0.812. The maximum Gasteiger partial charge on any atom is 0.196 e. The lowest BCUT2D eigenvalue weighted by atomic mass is 10.8. The van der Waals surface area contributed by atoms with Crippen molar-refractivity contribution >= 4 is 22.9 Å². The van der Waals surface area contributed by atoms with E-state index < -0.39 is 0 Å². The first-order valence-electron chi connectivity index (χ1n) is 2.00. The second-order valence-electron chi connectivity index (χ2n) is 1.35. The molecule has 0 fully saturated rings. The van der Waals surface area contributed by atoms with Gasteiger partial charge in [-0.15, -0.1) is 7.58 Å². The Kier molecular flexibility index (Phi) is 1.32. The summed E-state index contributed by atoms with van der Waals surface area (Å²) < 4.78 is 3.96. The van der Waals surface area contributed by atoms with Crippen molar-refractivity contribution < 1.29 is 4.68 Å². The van der Waals surface area contributed by atoms with Crippen molar-refractivity contribution in [2.45, 2.75) is 0 Å². The number of aryl methyl sites for hydroxylation is 1. The van der Waals surface area contributed by atoms with Crippen LogP contribution in [0.4, 0.5) is 0 Å². The first-order chi connectivity index (χ1) is 3.30. The van der Waals surface area contributed by atoms with Gasteiger partial charge in [0.1, 0.15) is 22.9 Å². The van der Waals surface area contributed by atoms with Gasteiger partial charge in [0.25, 0.3) is 0 Å². The van der Waals surface area contributed by atoms with Gasteiger partial charge < -0.3 is 0 Å². The van der Waals surface area contributed by atoms with Gasteiger partial charge in [0.15, 0.2) is 13.2 Å². The SMILES string of the molecule is C[n+]1cccn1I. The van der Waals surface area contributed by atoms with Gasteiger partial charge in [-0.2, -0.15) is 0 Å². The van der Waals surface area contributed by atoms with Gasteiger partial charge in [0.05, 0.1) is 6.20 Å². The second kappa shape index (κ2) is 1.81. The van der Waals surface area contributed by atoms with Crippen LogP contribution in [-0.2, 0) is 7.05 Å². The first kappa shape index (κ1) is 5.08. The third kappa shape index (κ3) is 0.933. The quantitative estimate of drug-likeness (QED) is 0.434. The van der Waals surface area contributed by atoms with E-state index in [1.165, 1.54) is 0 Å². The Morgan fingerprint density at radius 3 is 2.57 bits per heavy atom.